The summed E-state index contributed by atoms with van der Waals surface area (Å²) in [7, 11) is 0. The van der Waals surface area contributed by atoms with Crippen LogP contribution in [0.25, 0.3) is 0 Å². The molecule has 0 aliphatic carbocycles. The number of hydrogen-bond donors (Lipinski definition) is 0. The molecule has 36 heavy (non-hydrogen) atoms. The number of benzene rings is 3. The largest absolute Gasteiger partial charge is 0.494 e. The van der Waals surface area contributed by atoms with Gasteiger partial charge < -0.3 is 18.9 Å². The number of hydrogen-bond acceptors (Lipinski definition) is 8. The summed E-state index contributed by atoms with van der Waals surface area (Å²) in [5, 5.41) is 8.82. The van der Waals surface area contributed by atoms with E-state index in [1.54, 1.807) is 36.4 Å². The molecule has 8 nitrogen and oxygen atoms in total. The van der Waals surface area contributed by atoms with E-state index in [1.807, 2.05) is 6.07 Å². The molecule has 0 heterocycles. The fourth-order valence-corrected chi connectivity index (χ4v) is 2.90. The Labute approximate surface area is 208 Å². The lowest BCUT2D eigenvalue weighted by Crippen LogP contribution is -2.10. The van der Waals surface area contributed by atoms with Gasteiger partial charge in [0.15, 0.2) is 0 Å². The highest BCUT2D eigenvalue weighted by Crippen LogP contribution is 2.19. The quantitative estimate of drug-likeness (QED) is 0.163. The average molecular weight is 485 g/mol. The van der Waals surface area contributed by atoms with Crippen molar-refractivity contribution in [1.29, 1.82) is 5.26 Å². The molecule has 0 atom stereocenters. The number of carbonyl (C=O) groups excluding carboxylic acids is 3. The molecule has 0 saturated carbocycles. The summed E-state index contributed by atoms with van der Waals surface area (Å²) in [5.74, 6) is -0.399. The highest BCUT2D eigenvalue weighted by Gasteiger charge is 2.12. The lowest BCUT2D eigenvalue weighted by atomic mass is 10.2. The number of rotatable bonds is 11. The second kappa shape index (κ2) is 13.1. The third kappa shape index (κ3) is 7.85. The number of carbonyl (C=O) groups is 3. The Morgan fingerprint density at radius 1 is 0.722 bits per heavy atom. The highest BCUT2D eigenvalue weighted by atomic mass is 16.5. The number of esters is 3. The molecule has 8 heteroatoms. The molecule has 0 amide bonds. The van der Waals surface area contributed by atoms with Gasteiger partial charge in [-0.3, -0.25) is 0 Å². The van der Waals surface area contributed by atoms with Crippen molar-refractivity contribution in [2.24, 2.45) is 0 Å². The van der Waals surface area contributed by atoms with Gasteiger partial charge in [-0.25, -0.2) is 14.4 Å². The van der Waals surface area contributed by atoms with Gasteiger partial charge in [0.2, 0.25) is 0 Å². The first kappa shape index (κ1) is 25.7. The fourth-order valence-electron chi connectivity index (χ4n) is 2.90. The number of nitriles is 1. The Morgan fingerprint density at radius 3 is 1.69 bits per heavy atom. The molecule has 0 fully saturated rings. The van der Waals surface area contributed by atoms with Crippen molar-refractivity contribution >= 4 is 17.9 Å². The van der Waals surface area contributed by atoms with E-state index in [2.05, 4.69) is 6.58 Å². The summed E-state index contributed by atoms with van der Waals surface area (Å²) in [4.78, 5) is 35.7. The van der Waals surface area contributed by atoms with Crippen LogP contribution < -0.4 is 14.2 Å². The highest BCUT2D eigenvalue weighted by molar-refractivity contribution is 5.92. The zero-order valence-electron chi connectivity index (χ0n) is 19.3. The average Bonchev–Trinajstić information content (AvgIpc) is 2.91. The van der Waals surface area contributed by atoms with Crippen molar-refractivity contribution in [2.45, 2.75) is 12.8 Å². The molecule has 0 saturated heterocycles. The first-order valence-corrected chi connectivity index (χ1v) is 11.0. The van der Waals surface area contributed by atoms with Crippen molar-refractivity contribution in [2.75, 3.05) is 13.2 Å². The zero-order chi connectivity index (χ0) is 25.8. The van der Waals surface area contributed by atoms with Crippen LogP contribution in [0, 0.1) is 11.3 Å². The van der Waals surface area contributed by atoms with Crippen molar-refractivity contribution < 1.29 is 33.3 Å². The van der Waals surface area contributed by atoms with Gasteiger partial charge in [0.1, 0.15) is 17.2 Å². The van der Waals surface area contributed by atoms with Gasteiger partial charge in [-0.05, 0) is 85.6 Å². The van der Waals surface area contributed by atoms with Gasteiger partial charge in [0, 0.05) is 6.08 Å². The second-order valence-electron chi connectivity index (χ2n) is 7.39. The fraction of sp³-hybridized carbons (Fsp3) is 0.143. The molecule has 0 N–H and O–H groups in total. The van der Waals surface area contributed by atoms with E-state index in [1.165, 1.54) is 36.4 Å². The third-order valence-corrected chi connectivity index (χ3v) is 4.80. The summed E-state index contributed by atoms with van der Waals surface area (Å²) in [5.41, 5.74) is 1.08. The van der Waals surface area contributed by atoms with Crippen molar-refractivity contribution in [1.82, 2.24) is 0 Å². The maximum atomic E-state index is 12.4. The van der Waals surface area contributed by atoms with Gasteiger partial charge in [0.25, 0.3) is 0 Å². The minimum atomic E-state index is -0.578. The summed E-state index contributed by atoms with van der Waals surface area (Å²) in [6.07, 6.45) is 2.48. The standard InChI is InChI=1S/C28H23NO7/c1-2-26(30)34-18-4-3-17-33-23-13-7-21(8-14-23)27(31)36-25-15-9-22(10-16-25)28(32)35-24-11-5-20(19-29)6-12-24/h2,5-16H,1,3-4,17-18H2. The SMILES string of the molecule is C=CC(=O)OCCCCOc1ccc(C(=O)Oc2ccc(C(=O)Oc3ccc(C#N)cc3)cc2)cc1. The van der Waals surface area contributed by atoms with E-state index in [9.17, 15) is 14.4 Å². The van der Waals surface area contributed by atoms with Gasteiger partial charge in [-0.15, -0.1) is 0 Å². The molecule has 3 aromatic rings. The molecular weight excluding hydrogens is 462 g/mol. The first-order chi connectivity index (χ1) is 17.5. The lowest BCUT2D eigenvalue weighted by molar-refractivity contribution is -0.137. The van der Waals surface area contributed by atoms with Crippen LogP contribution in [0.3, 0.4) is 0 Å². The Balaban J connectivity index is 1.44. The Bertz CT molecular complexity index is 1240. The first-order valence-electron chi connectivity index (χ1n) is 11.0. The van der Waals surface area contributed by atoms with Crippen LogP contribution >= 0.6 is 0 Å². The van der Waals surface area contributed by atoms with Crippen LogP contribution in [0.1, 0.15) is 39.1 Å². The van der Waals surface area contributed by atoms with E-state index < -0.39 is 17.9 Å². The van der Waals surface area contributed by atoms with E-state index >= 15 is 0 Å². The van der Waals surface area contributed by atoms with E-state index in [4.69, 9.17) is 24.2 Å². The van der Waals surface area contributed by atoms with Gasteiger partial charge in [0.05, 0.1) is 36.0 Å². The molecular formula is C28H23NO7. The van der Waals surface area contributed by atoms with Crippen molar-refractivity contribution in [3.8, 4) is 23.3 Å². The molecule has 3 aromatic carbocycles. The molecule has 3 rings (SSSR count). The van der Waals surface area contributed by atoms with Crippen molar-refractivity contribution in [3.63, 3.8) is 0 Å². The summed E-state index contributed by atoms with van der Waals surface area (Å²) < 4.78 is 21.1. The maximum Gasteiger partial charge on any atom is 0.343 e. The Morgan fingerprint density at radius 2 is 1.19 bits per heavy atom. The van der Waals surface area contributed by atoms with E-state index in [0.717, 1.165) is 6.08 Å². The van der Waals surface area contributed by atoms with Crippen LogP contribution in [0.15, 0.2) is 85.5 Å². The lowest BCUT2D eigenvalue weighted by Gasteiger charge is -2.08. The molecule has 0 aliphatic rings. The minimum Gasteiger partial charge on any atom is -0.494 e. The predicted molar refractivity (Wildman–Crippen MR) is 130 cm³/mol. The molecule has 0 radical (unpaired) electrons. The van der Waals surface area contributed by atoms with Crippen LogP contribution in [0.5, 0.6) is 17.2 Å². The number of unbranched alkanes of at least 4 members (excludes halogenated alkanes) is 1. The molecule has 0 unspecified atom stereocenters. The van der Waals surface area contributed by atoms with Crippen LogP contribution in [0.4, 0.5) is 0 Å². The smallest absolute Gasteiger partial charge is 0.343 e. The van der Waals surface area contributed by atoms with Crippen molar-refractivity contribution in [3.05, 3.63) is 102 Å². The number of nitrogens with zero attached hydrogens (tertiary/aromatic N) is 1. The van der Waals surface area contributed by atoms with Crippen LogP contribution in [-0.4, -0.2) is 31.1 Å². The van der Waals surface area contributed by atoms with E-state index in [-0.39, 0.29) is 11.3 Å². The minimum absolute atomic E-state index is 0.271. The zero-order valence-corrected chi connectivity index (χ0v) is 19.3. The normalized spacial score (nSPS) is 9.97. The maximum absolute atomic E-state index is 12.4. The molecule has 0 aromatic heterocycles. The van der Waals surface area contributed by atoms with E-state index in [0.29, 0.717) is 48.7 Å². The van der Waals surface area contributed by atoms with Crippen LogP contribution in [-0.2, 0) is 9.53 Å². The number of ether oxygens (including phenoxy) is 4. The van der Waals surface area contributed by atoms with Crippen LogP contribution in [0.2, 0.25) is 0 Å². The Kier molecular flexibility index (Phi) is 9.36. The van der Waals surface area contributed by atoms with Gasteiger partial charge >= 0.3 is 17.9 Å². The molecule has 182 valence electrons. The molecule has 0 bridgehead atoms. The Hall–Kier alpha value is -4.90. The predicted octanol–water partition coefficient (Wildman–Crippen LogP) is 4.88. The molecule has 0 aliphatic heterocycles. The van der Waals surface area contributed by atoms with Gasteiger partial charge in [-0.2, -0.15) is 5.26 Å². The van der Waals surface area contributed by atoms with Gasteiger partial charge in [-0.1, -0.05) is 6.58 Å². The summed E-state index contributed by atoms with van der Waals surface area (Å²) in [6, 6.07) is 20.6. The second-order valence-corrected chi connectivity index (χ2v) is 7.39. The summed E-state index contributed by atoms with van der Waals surface area (Å²) in [6.45, 7) is 4.07. The topological polar surface area (TPSA) is 112 Å². The summed E-state index contributed by atoms with van der Waals surface area (Å²) >= 11 is 0. The third-order valence-electron chi connectivity index (χ3n) is 4.80. The monoisotopic (exact) mass is 485 g/mol. The molecule has 0 spiro atoms.